The van der Waals surface area contributed by atoms with E-state index in [1.54, 1.807) is 34.7 Å². The van der Waals surface area contributed by atoms with E-state index in [4.69, 9.17) is 11.6 Å². The van der Waals surface area contributed by atoms with Crippen LogP contribution in [0.15, 0.2) is 42.7 Å². The molecule has 0 fully saturated rings. The molecule has 3 heterocycles. The lowest BCUT2D eigenvalue weighted by molar-refractivity contribution is -0.125. The number of fused-ring (bicyclic) bond motifs is 1. The Hall–Kier alpha value is -2.24. The highest BCUT2D eigenvalue weighted by Crippen LogP contribution is 2.32. The predicted octanol–water partition coefficient (Wildman–Crippen LogP) is 4.89. The molecule has 3 aromatic heterocycles. The molecule has 4 nitrogen and oxygen atoms in total. The number of nitrogens with zero attached hydrogens (tertiary/aromatic N) is 3. The van der Waals surface area contributed by atoms with E-state index < -0.39 is 0 Å². The number of amides is 1. The Labute approximate surface area is 155 Å². The second-order valence-electron chi connectivity index (χ2n) is 5.43. The number of carbonyl (C=O) groups excluding carboxylic acids is 1. The average Bonchev–Trinajstić information content (AvgIpc) is 3.10. The van der Waals surface area contributed by atoms with Crippen LogP contribution in [-0.4, -0.2) is 33.9 Å². The number of aromatic nitrogens is 2. The molecule has 0 saturated carbocycles. The van der Waals surface area contributed by atoms with Crippen molar-refractivity contribution in [1.82, 2.24) is 14.9 Å². The minimum absolute atomic E-state index is 0.0272. The van der Waals surface area contributed by atoms with Crippen LogP contribution in [0.3, 0.4) is 0 Å². The minimum atomic E-state index is 0.0272. The van der Waals surface area contributed by atoms with Crippen molar-refractivity contribution >= 4 is 45.8 Å². The summed E-state index contributed by atoms with van der Waals surface area (Å²) in [6.45, 7) is 5.37. The summed E-state index contributed by atoms with van der Waals surface area (Å²) in [5.74, 6) is 0.0272. The summed E-state index contributed by atoms with van der Waals surface area (Å²) in [5, 5.41) is 1.48. The van der Waals surface area contributed by atoms with E-state index in [1.807, 2.05) is 44.2 Å². The molecule has 128 valence electrons. The quantitative estimate of drug-likeness (QED) is 0.599. The monoisotopic (exact) mass is 371 g/mol. The number of halogens is 1. The number of hydrogen-bond acceptors (Lipinski definition) is 4. The Morgan fingerprint density at radius 2 is 2.08 bits per heavy atom. The van der Waals surface area contributed by atoms with E-state index in [2.05, 4.69) is 9.97 Å². The molecule has 3 aromatic rings. The van der Waals surface area contributed by atoms with Gasteiger partial charge in [-0.2, -0.15) is 0 Å². The molecule has 25 heavy (non-hydrogen) atoms. The van der Waals surface area contributed by atoms with Gasteiger partial charge in [-0.1, -0.05) is 11.6 Å². The van der Waals surface area contributed by atoms with Crippen molar-refractivity contribution in [2.75, 3.05) is 13.1 Å². The normalized spacial score (nSPS) is 11.3. The molecule has 0 spiro atoms. The summed E-state index contributed by atoms with van der Waals surface area (Å²) >= 11 is 7.93. The van der Waals surface area contributed by atoms with Gasteiger partial charge in [0.25, 0.3) is 0 Å². The molecular formula is C19H18ClN3OS. The van der Waals surface area contributed by atoms with Crippen LogP contribution in [0.5, 0.6) is 0 Å². The van der Waals surface area contributed by atoms with Gasteiger partial charge in [0, 0.05) is 41.8 Å². The largest absolute Gasteiger partial charge is 0.340 e. The first-order valence-corrected chi connectivity index (χ1v) is 9.29. The fourth-order valence-corrected chi connectivity index (χ4v) is 3.65. The molecule has 0 aromatic carbocycles. The third-order valence-corrected chi connectivity index (χ3v) is 5.29. The van der Waals surface area contributed by atoms with Gasteiger partial charge in [0.05, 0.1) is 21.1 Å². The molecule has 0 aliphatic carbocycles. The van der Waals surface area contributed by atoms with Crippen LogP contribution in [0.25, 0.3) is 27.6 Å². The van der Waals surface area contributed by atoms with Crippen LogP contribution >= 0.6 is 22.9 Å². The third kappa shape index (κ3) is 3.89. The molecule has 3 rings (SSSR count). The number of rotatable bonds is 5. The highest BCUT2D eigenvalue weighted by molar-refractivity contribution is 7.16. The maximum atomic E-state index is 12.1. The summed E-state index contributed by atoms with van der Waals surface area (Å²) in [5.41, 5.74) is 1.64. The Balaban J connectivity index is 1.85. The van der Waals surface area contributed by atoms with Crippen LogP contribution in [0, 0.1) is 0 Å². The van der Waals surface area contributed by atoms with E-state index in [0.717, 1.165) is 26.4 Å². The topological polar surface area (TPSA) is 46.1 Å². The maximum absolute atomic E-state index is 12.1. The average molecular weight is 372 g/mol. The van der Waals surface area contributed by atoms with Gasteiger partial charge < -0.3 is 4.90 Å². The molecule has 0 atom stereocenters. The first-order chi connectivity index (χ1) is 12.1. The number of carbonyl (C=O) groups is 1. The van der Waals surface area contributed by atoms with Crippen molar-refractivity contribution in [3.05, 3.63) is 52.6 Å². The predicted molar refractivity (Wildman–Crippen MR) is 105 cm³/mol. The van der Waals surface area contributed by atoms with Crippen LogP contribution in [0.4, 0.5) is 0 Å². The van der Waals surface area contributed by atoms with Crippen LogP contribution in [0.2, 0.25) is 5.02 Å². The van der Waals surface area contributed by atoms with Crippen molar-refractivity contribution in [1.29, 1.82) is 0 Å². The molecule has 0 N–H and O–H groups in total. The molecule has 0 unspecified atom stereocenters. The Kier molecular flexibility index (Phi) is 5.46. The smallest absolute Gasteiger partial charge is 0.246 e. The molecule has 0 saturated heterocycles. The standard InChI is InChI=1S/C19H18ClN3OS/c1-3-23(4-2)19(24)8-6-13-5-7-18(25-13)17-11-15(20)14-12-21-10-9-16(14)22-17/h5-12H,3-4H2,1-2H3/b8-6+. The summed E-state index contributed by atoms with van der Waals surface area (Å²) < 4.78 is 0. The molecule has 1 amide bonds. The first-order valence-electron chi connectivity index (χ1n) is 8.09. The zero-order chi connectivity index (χ0) is 17.8. The number of hydrogen-bond donors (Lipinski definition) is 0. The summed E-state index contributed by atoms with van der Waals surface area (Å²) in [6.07, 6.45) is 6.89. The van der Waals surface area contributed by atoms with E-state index >= 15 is 0 Å². The van der Waals surface area contributed by atoms with Crippen molar-refractivity contribution in [2.24, 2.45) is 0 Å². The molecule has 0 aliphatic heterocycles. The lowest BCUT2D eigenvalue weighted by atomic mass is 10.2. The van der Waals surface area contributed by atoms with Gasteiger partial charge in [0.15, 0.2) is 0 Å². The fraction of sp³-hybridized carbons (Fsp3) is 0.211. The van der Waals surface area contributed by atoms with Gasteiger partial charge in [-0.25, -0.2) is 4.98 Å². The molecule has 0 aliphatic rings. The summed E-state index contributed by atoms with van der Waals surface area (Å²) in [6, 6.07) is 7.68. The molecule has 0 radical (unpaired) electrons. The van der Waals surface area contributed by atoms with E-state index in [1.165, 1.54) is 0 Å². The van der Waals surface area contributed by atoms with Crippen LogP contribution < -0.4 is 0 Å². The number of pyridine rings is 2. The van der Waals surface area contributed by atoms with Gasteiger partial charge in [-0.3, -0.25) is 9.78 Å². The maximum Gasteiger partial charge on any atom is 0.246 e. The fourth-order valence-electron chi connectivity index (χ4n) is 2.53. The van der Waals surface area contributed by atoms with Crippen molar-refractivity contribution in [3.63, 3.8) is 0 Å². The highest BCUT2D eigenvalue weighted by atomic mass is 35.5. The van der Waals surface area contributed by atoms with Gasteiger partial charge in [0.2, 0.25) is 5.91 Å². The Morgan fingerprint density at radius 3 is 2.84 bits per heavy atom. The van der Waals surface area contributed by atoms with E-state index in [0.29, 0.717) is 18.1 Å². The summed E-state index contributed by atoms with van der Waals surface area (Å²) in [4.78, 5) is 24.6. The molecule has 6 heteroatoms. The van der Waals surface area contributed by atoms with Crippen LogP contribution in [-0.2, 0) is 4.79 Å². The zero-order valence-corrected chi connectivity index (χ0v) is 15.6. The van der Waals surface area contributed by atoms with Crippen molar-refractivity contribution in [3.8, 4) is 10.6 Å². The third-order valence-electron chi connectivity index (χ3n) is 3.90. The second kappa shape index (κ2) is 7.76. The van der Waals surface area contributed by atoms with Gasteiger partial charge in [-0.05, 0) is 44.2 Å². The van der Waals surface area contributed by atoms with Crippen molar-refractivity contribution < 1.29 is 4.79 Å². The minimum Gasteiger partial charge on any atom is -0.340 e. The highest BCUT2D eigenvalue weighted by Gasteiger charge is 2.09. The van der Waals surface area contributed by atoms with Gasteiger partial charge in [-0.15, -0.1) is 11.3 Å². The zero-order valence-electron chi connectivity index (χ0n) is 14.1. The first kappa shape index (κ1) is 17.6. The number of likely N-dealkylation sites (N-methyl/N-ethyl adjacent to an activating group) is 1. The molecule has 0 bridgehead atoms. The second-order valence-corrected chi connectivity index (χ2v) is 6.95. The van der Waals surface area contributed by atoms with Gasteiger partial charge in [0.1, 0.15) is 0 Å². The lowest BCUT2D eigenvalue weighted by Crippen LogP contribution is -2.28. The van der Waals surface area contributed by atoms with Crippen molar-refractivity contribution in [2.45, 2.75) is 13.8 Å². The Bertz CT molecular complexity index is 931. The van der Waals surface area contributed by atoms with Gasteiger partial charge >= 0.3 is 0 Å². The molecular weight excluding hydrogens is 354 g/mol. The van der Waals surface area contributed by atoms with E-state index in [-0.39, 0.29) is 5.91 Å². The van der Waals surface area contributed by atoms with Crippen LogP contribution in [0.1, 0.15) is 18.7 Å². The summed E-state index contributed by atoms with van der Waals surface area (Å²) in [7, 11) is 0. The number of thiophene rings is 1. The lowest BCUT2D eigenvalue weighted by Gasteiger charge is -2.15. The van der Waals surface area contributed by atoms with E-state index in [9.17, 15) is 4.79 Å². The Morgan fingerprint density at radius 1 is 1.28 bits per heavy atom. The SMILES string of the molecule is CCN(CC)C(=O)/C=C/c1ccc(-c2cc(Cl)c3cnccc3n2)s1.